The molecule has 0 aliphatic carbocycles. The van der Waals surface area contributed by atoms with Crippen LogP contribution in [0.5, 0.6) is 0 Å². The largest absolute Gasteiger partial charge is 0.236 e. The highest BCUT2D eigenvalue weighted by atomic mass is 79.9. The van der Waals surface area contributed by atoms with E-state index in [0.717, 1.165) is 20.3 Å². The molecule has 0 aliphatic heterocycles. The van der Waals surface area contributed by atoms with Crippen molar-refractivity contribution in [2.75, 3.05) is 0 Å². The molecule has 2 heterocycles. The predicted molar refractivity (Wildman–Crippen MR) is 61.5 cm³/mol. The molecule has 0 radical (unpaired) electrons. The third-order valence-electron chi connectivity index (χ3n) is 1.79. The molecule has 72 valence electrons. The number of hydrogen-bond donors (Lipinski definition) is 0. The number of aromatic nitrogens is 3. The maximum absolute atomic E-state index is 4.29. The minimum absolute atomic E-state index is 0.846. The van der Waals surface area contributed by atoms with Crippen LogP contribution in [0.1, 0.15) is 5.56 Å². The summed E-state index contributed by atoms with van der Waals surface area (Å²) in [5, 5.41) is 4.17. The van der Waals surface area contributed by atoms with E-state index in [0.29, 0.717) is 0 Å². The summed E-state index contributed by atoms with van der Waals surface area (Å²) in [4.78, 5) is 4.29. The smallest absolute Gasteiger partial charge is 0.156 e. The van der Waals surface area contributed by atoms with E-state index in [9.17, 15) is 0 Å². The van der Waals surface area contributed by atoms with Crippen molar-refractivity contribution in [3.8, 4) is 5.82 Å². The summed E-state index contributed by atoms with van der Waals surface area (Å²) in [6.45, 7) is 2.00. The zero-order valence-electron chi connectivity index (χ0n) is 7.41. The van der Waals surface area contributed by atoms with Crippen LogP contribution in [0.15, 0.2) is 33.6 Å². The summed E-state index contributed by atoms with van der Waals surface area (Å²) < 4.78 is 3.66. The Hall–Kier alpha value is -0.680. The first-order chi connectivity index (χ1) is 6.66. The zero-order chi connectivity index (χ0) is 10.1. The molecule has 0 bridgehead atoms. The monoisotopic (exact) mass is 315 g/mol. The SMILES string of the molecule is Cc1cc(Br)cnc1-n1cc(Br)cn1. The maximum Gasteiger partial charge on any atom is 0.156 e. The van der Waals surface area contributed by atoms with Gasteiger partial charge in [-0.25, -0.2) is 9.67 Å². The molecule has 0 atom stereocenters. The molecule has 0 unspecified atom stereocenters. The van der Waals surface area contributed by atoms with Gasteiger partial charge < -0.3 is 0 Å². The van der Waals surface area contributed by atoms with Crippen LogP contribution < -0.4 is 0 Å². The molecule has 0 N–H and O–H groups in total. The molecule has 0 amide bonds. The fourth-order valence-electron chi connectivity index (χ4n) is 1.19. The van der Waals surface area contributed by atoms with Gasteiger partial charge in [-0.05, 0) is 50.4 Å². The van der Waals surface area contributed by atoms with Crippen molar-refractivity contribution in [2.24, 2.45) is 0 Å². The Balaban J connectivity index is 2.52. The Morgan fingerprint density at radius 3 is 2.57 bits per heavy atom. The first-order valence-electron chi connectivity index (χ1n) is 3.99. The Bertz CT molecular complexity index is 465. The van der Waals surface area contributed by atoms with Crippen LogP contribution in [-0.2, 0) is 0 Å². The van der Waals surface area contributed by atoms with E-state index in [1.54, 1.807) is 17.1 Å². The fraction of sp³-hybridized carbons (Fsp3) is 0.111. The number of halogens is 2. The van der Waals surface area contributed by atoms with Gasteiger partial charge in [-0.15, -0.1) is 0 Å². The molecule has 0 fully saturated rings. The Labute approximate surface area is 98.4 Å². The second-order valence-corrected chi connectivity index (χ2v) is 4.73. The highest BCUT2D eigenvalue weighted by Gasteiger charge is 2.04. The van der Waals surface area contributed by atoms with Crippen molar-refractivity contribution >= 4 is 31.9 Å². The second-order valence-electron chi connectivity index (χ2n) is 2.90. The molecule has 3 nitrogen and oxygen atoms in total. The van der Waals surface area contributed by atoms with E-state index in [-0.39, 0.29) is 0 Å². The summed E-state index contributed by atoms with van der Waals surface area (Å²) in [5.41, 5.74) is 1.08. The van der Waals surface area contributed by atoms with Gasteiger partial charge >= 0.3 is 0 Å². The van der Waals surface area contributed by atoms with Crippen LogP contribution in [0.3, 0.4) is 0 Å². The lowest BCUT2D eigenvalue weighted by atomic mass is 10.3. The van der Waals surface area contributed by atoms with Gasteiger partial charge in [0.1, 0.15) is 0 Å². The number of pyridine rings is 1. The van der Waals surface area contributed by atoms with Gasteiger partial charge in [-0.3, -0.25) is 0 Å². The van der Waals surface area contributed by atoms with Crippen LogP contribution in [0.25, 0.3) is 5.82 Å². The number of rotatable bonds is 1. The lowest BCUT2D eigenvalue weighted by molar-refractivity contribution is 0.837. The van der Waals surface area contributed by atoms with Crippen LogP contribution in [-0.4, -0.2) is 14.8 Å². The molecule has 2 rings (SSSR count). The number of hydrogen-bond acceptors (Lipinski definition) is 2. The highest BCUT2D eigenvalue weighted by molar-refractivity contribution is 9.10. The van der Waals surface area contributed by atoms with Gasteiger partial charge in [0, 0.05) is 16.9 Å². The van der Waals surface area contributed by atoms with Gasteiger partial charge in [0.15, 0.2) is 5.82 Å². The molecule has 2 aromatic rings. The highest BCUT2D eigenvalue weighted by Crippen LogP contribution is 2.17. The van der Waals surface area contributed by atoms with Crippen LogP contribution in [0.4, 0.5) is 0 Å². The molecule has 2 aromatic heterocycles. The molecular weight excluding hydrogens is 310 g/mol. The summed E-state index contributed by atoms with van der Waals surface area (Å²) in [5.74, 6) is 0.846. The normalized spacial score (nSPS) is 10.5. The molecule has 0 saturated heterocycles. The van der Waals surface area contributed by atoms with Crippen LogP contribution >= 0.6 is 31.9 Å². The third kappa shape index (κ3) is 1.88. The van der Waals surface area contributed by atoms with Gasteiger partial charge in [0.05, 0.1) is 10.7 Å². The summed E-state index contributed by atoms with van der Waals surface area (Å²) in [6, 6.07) is 2.01. The van der Waals surface area contributed by atoms with Crippen molar-refractivity contribution < 1.29 is 0 Å². The molecule has 5 heteroatoms. The number of nitrogens with zero attached hydrogens (tertiary/aromatic N) is 3. The molecule has 0 aliphatic rings. The molecular formula is C9H7Br2N3. The average molecular weight is 317 g/mol. The summed E-state index contributed by atoms with van der Waals surface area (Å²) >= 11 is 6.72. The number of aryl methyl sites for hydroxylation is 1. The first kappa shape index (κ1) is 9.86. The third-order valence-corrected chi connectivity index (χ3v) is 2.63. The Kier molecular flexibility index (Phi) is 2.69. The average Bonchev–Trinajstić information content (AvgIpc) is 2.51. The van der Waals surface area contributed by atoms with Crippen molar-refractivity contribution in [3.05, 3.63) is 39.2 Å². The fourth-order valence-corrected chi connectivity index (χ4v) is 1.92. The van der Waals surface area contributed by atoms with E-state index in [4.69, 9.17) is 0 Å². The summed E-state index contributed by atoms with van der Waals surface area (Å²) in [6.07, 6.45) is 5.38. The minimum atomic E-state index is 0.846. The van der Waals surface area contributed by atoms with E-state index < -0.39 is 0 Å². The maximum atomic E-state index is 4.29. The van der Waals surface area contributed by atoms with Gasteiger partial charge in [-0.1, -0.05) is 0 Å². The standard InChI is InChI=1S/C9H7Br2N3/c1-6-2-7(10)3-12-9(6)14-5-8(11)4-13-14/h2-5H,1H3. The first-order valence-corrected chi connectivity index (χ1v) is 5.58. The van der Waals surface area contributed by atoms with Crippen molar-refractivity contribution in [3.63, 3.8) is 0 Å². The second kappa shape index (κ2) is 3.82. The van der Waals surface area contributed by atoms with E-state index in [2.05, 4.69) is 41.9 Å². The molecule has 0 spiro atoms. The lowest BCUT2D eigenvalue weighted by Gasteiger charge is -2.03. The van der Waals surface area contributed by atoms with Gasteiger partial charge in [0.25, 0.3) is 0 Å². The predicted octanol–water partition coefficient (Wildman–Crippen LogP) is 3.10. The summed E-state index contributed by atoms with van der Waals surface area (Å²) in [7, 11) is 0. The van der Waals surface area contributed by atoms with Gasteiger partial charge in [-0.2, -0.15) is 5.10 Å². The topological polar surface area (TPSA) is 30.7 Å². The minimum Gasteiger partial charge on any atom is -0.236 e. The van der Waals surface area contributed by atoms with E-state index in [1.165, 1.54) is 0 Å². The van der Waals surface area contributed by atoms with Crippen molar-refractivity contribution in [1.29, 1.82) is 0 Å². The lowest BCUT2D eigenvalue weighted by Crippen LogP contribution is -2.00. The van der Waals surface area contributed by atoms with Crippen molar-refractivity contribution in [2.45, 2.75) is 6.92 Å². The van der Waals surface area contributed by atoms with Gasteiger partial charge in [0.2, 0.25) is 0 Å². The molecule has 14 heavy (non-hydrogen) atoms. The van der Waals surface area contributed by atoms with Crippen molar-refractivity contribution in [1.82, 2.24) is 14.8 Å². The zero-order valence-corrected chi connectivity index (χ0v) is 10.6. The Morgan fingerprint density at radius 1 is 1.21 bits per heavy atom. The Morgan fingerprint density at radius 2 is 2.00 bits per heavy atom. The quantitative estimate of drug-likeness (QED) is 0.809. The van der Waals surface area contributed by atoms with E-state index >= 15 is 0 Å². The van der Waals surface area contributed by atoms with Crippen LogP contribution in [0, 0.1) is 6.92 Å². The van der Waals surface area contributed by atoms with Crippen LogP contribution in [0.2, 0.25) is 0 Å². The van der Waals surface area contributed by atoms with E-state index in [1.807, 2.05) is 19.2 Å². The molecule has 0 saturated carbocycles. The molecule has 0 aromatic carbocycles.